The van der Waals surface area contributed by atoms with E-state index in [1.54, 1.807) is 0 Å². The van der Waals surface area contributed by atoms with E-state index in [9.17, 15) is 5.11 Å². The Morgan fingerprint density at radius 3 is 2.50 bits per heavy atom. The third-order valence-electron chi connectivity index (χ3n) is 3.46. The lowest BCUT2D eigenvalue weighted by atomic mass is 9.76. The van der Waals surface area contributed by atoms with Crippen LogP contribution in [0.4, 0.5) is 0 Å². The van der Waals surface area contributed by atoms with Crippen LogP contribution >= 0.6 is 15.9 Å². The molecular weight excluding hydrogens is 266 g/mol. The summed E-state index contributed by atoms with van der Waals surface area (Å²) in [4.78, 5) is 0. The van der Waals surface area contributed by atoms with Gasteiger partial charge >= 0.3 is 0 Å². The number of aliphatic hydroxyl groups is 1. The van der Waals surface area contributed by atoms with Gasteiger partial charge in [0.1, 0.15) is 0 Å². The largest absolute Gasteiger partial charge is 0.393 e. The fourth-order valence-corrected chi connectivity index (χ4v) is 3.04. The maximum atomic E-state index is 9.53. The van der Waals surface area contributed by atoms with Gasteiger partial charge in [0, 0.05) is 10.0 Å². The van der Waals surface area contributed by atoms with Crippen molar-refractivity contribution in [2.24, 2.45) is 5.73 Å². The summed E-state index contributed by atoms with van der Waals surface area (Å²) in [6, 6.07) is 6.34. The fraction of sp³-hybridized carbons (Fsp3) is 0.538. The summed E-state index contributed by atoms with van der Waals surface area (Å²) in [5, 5.41) is 9.53. The number of aliphatic hydroxyl groups excluding tert-OH is 1. The Bertz CT molecular complexity index is 363. The van der Waals surface area contributed by atoms with Gasteiger partial charge in [-0.25, -0.2) is 0 Å². The highest BCUT2D eigenvalue weighted by atomic mass is 79.9. The van der Waals surface area contributed by atoms with Gasteiger partial charge in [0.25, 0.3) is 0 Å². The molecule has 1 fully saturated rings. The molecule has 1 aromatic rings. The smallest absolute Gasteiger partial charge is 0.0541 e. The van der Waals surface area contributed by atoms with E-state index in [1.807, 2.05) is 0 Å². The number of nitrogens with two attached hydrogens (primary N) is 1. The first kappa shape index (κ1) is 12.1. The van der Waals surface area contributed by atoms with Crippen molar-refractivity contribution in [2.75, 3.05) is 0 Å². The van der Waals surface area contributed by atoms with Crippen molar-refractivity contribution in [3.8, 4) is 0 Å². The van der Waals surface area contributed by atoms with Crippen molar-refractivity contribution in [3.05, 3.63) is 33.8 Å². The van der Waals surface area contributed by atoms with Gasteiger partial charge in [0.05, 0.1) is 6.10 Å². The summed E-state index contributed by atoms with van der Waals surface area (Å²) in [5.41, 5.74) is 8.60. The Kier molecular flexibility index (Phi) is 3.38. The third-order valence-corrected chi connectivity index (χ3v) is 3.92. The number of rotatable bonds is 1. The Balaban J connectivity index is 2.28. The second kappa shape index (κ2) is 4.47. The second-order valence-electron chi connectivity index (χ2n) is 4.90. The average Bonchev–Trinajstić information content (AvgIpc) is 2.21. The molecule has 0 amide bonds. The SMILES string of the molecule is Cc1cc(Br)cc(C2(N)CCC(O)CC2)c1. The number of aryl methyl sites for hydroxylation is 1. The van der Waals surface area contributed by atoms with Crippen molar-refractivity contribution < 1.29 is 5.11 Å². The fourth-order valence-electron chi connectivity index (χ4n) is 2.43. The molecule has 0 aromatic heterocycles. The number of halogens is 1. The van der Waals surface area contributed by atoms with Gasteiger partial charge in [-0.1, -0.05) is 22.0 Å². The quantitative estimate of drug-likeness (QED) is 0.833. The molecule has 0 saturated heterocycles. The van der Waals surface area contributed by atoms with Crippen LogP contribution in [0.5, 0.6) is 0 Å². The molecule has 0 spiro atoms. The van der Waals surface area contributed by atoms with E-state index in [0.29, 0.717) is 0 Å². The first-order chi connectivity index (χ1) is 7.49. The summed E-state index contributed by atoms with van der Waals surface area (Å²) in [6.45, 7) is 2.08. The predicted octanol–water partition coefficient (Wildman–Crippen LogP) is 2.85. The Morgan fingerprint density at radius 2 is 1.94 bits per heavy atom. The number of hydrogen-bond acceptors (Lipinski definition) is 2. The van der Waals surface area contributed by atoms with Crippen LogP contribution in [0.25, 0.3) is 0 Å². The maximum Gasteiger partial charge on any atom is 0.0541 e. The molecule has 3 N–H and O–H groups in total. The molecule has 0 aliphatic heterocycles. The Morgan fingerprint density at radius 1 is 1.31 bits per heavy atom. The lowest BCUT2D eigenvalue weighted by Gasteiger charge is -2.36. The summed E-state index contributed by atoms with van der Waals surface area (Å²) in [5.74, 6) is 0. The van der Waals surface area contributed by atoms with Gasteiger partial charge in [-0.05, 0) is 55.9 Å². The predicted molar refractivity (Wildman–Crippen MR) is 69.2 cm³/mol. The minimum atomic E-state index is -0.256. The Hall–Kier alpha value is -0.380. The molecule has 1 aliphatic rings. The van der Waals surface area contributed by atoms with Crippen LogP contribution in [-0.4, -0.2) is 11.2 Å². The van der Waals surface area contributed by atoms with Crippen LogP contribution in [0, 0.1) is 6.92 Å². The van der Waals surface area contributed by atoms with Crippen LogP contribution in [0.2, 0.25) is 0 Å². The molecule has 1 saturated carbocycles. The molecule has 0 atom stereocenters. The van der Waals surface area contributed by atoms with Gasteiger partial charge < -0.3 is 10.8 Å². The first-order valence-electron chi connectivity index (χ1n) is 5.74. The third kappa shape index (κ3) is 2.47. The van der Waals surface area contributed by atoms with Crippen molar-refractivity contribution in [1.29, 1.82) is 0 Å². The lowest BCUT2D eigenvalue weighted by molar-refractivity contribution is 0.0969. The molecular formula is C13H18BrNO. The summed E-state index contributed by atoms with van der Waals surface area (Å²) in [6.07, 6.45) is 3.18. The zero-order valence-electron chi connectivity index (χ0n) is 9.54. The van der Waals surface area contributed by atoms with Crippen molar-refractivity contribution in [1.82, 2.24) is 0 Å². The lowest BCUT2D eigenvalue weighted by Crippen LogP contribution is -2.41. The van der Waals surface area contributed by atoms with Crippen molar-refractivity contribution in [3.63, 3.8) is 0 Å². The van der Waals surface area contributed by atoms with Crippen LogP contribution in [0.15, 0.2) is 22.7 Å². The highest BCUT2D eigenvalue weighted by molar-refractivity contribution is 9.10. The van der Waals surface area contributed by atoms with E-state index in [1.165, 1.54) is 11.1 Å². The molecule has 16 heavy (non-hydrogen) atoms. The summed E-state index contributed by atoms with van der Waals surface area (Å²) < 4.78 is 1.08. The summed E-state index contributed by atoms with van der Waals surface area (Å²) >= 11 is 3.51. The molecule has 2 nitrogen and oxygen atoms in total. The molecule has 1 aliphatic carbocycles. The standard InChI is InChI=1S/C13H18BrNO/c1-9-6-10(8-11(14)7-9)13(15)4-2-12(16)3-5-13/h6-8,12,16H,2-5,15H2,1H3. The van der Waals surface area contributed by atoms with Crippen molar-refractivity contribution >= 4 is 15.9 Å². The molecule has 0 radical (unpaired) electrons. The highest BCUT2D eigenvalue weighted by Crippen LogP contribution is 2.36. The first-order valence-corrected chi connectivity index (χ1v) is 6.53. The van der Waals surface area contributed by atoms with Crippen LogP contribution in [0.3, 0.4) is 0 Å². The van der Waals surface area contributed by atoms with Crippen molar-refractivity contribution in [2.45, 2.75) is 44.2 Å². The van der Waals surface area contributed by atoms with Gasteiger partial charge in [0.15, 0.2) is 0 Å². The Labute approximate surface area is 105 Å². The van der Waals surface area contributed by atoms with E-state index in [4.69, 9.17) is 5.73 Å². The molecule has 2 rings (SSSR count). The topological polar surface area (TPSA) is 46.2 Å². The van der Waals surface area contributed by atoms with Crippen LogP contribution in [-0.2, 0) is 5.54 Å². The summed E-state index contributed by atoms with van der Waals surface area (Å²) in [7, 11) is 0. The van der Waals surface area contributed by atoms with E-state index in [0.717, 1.165) is 30.2 Å². The maximum absolute atomic E-state index is 9.53. The molecule has 3 heteroatoms. The van der Waals surface area contributed by atoms with E-state index in [-0.39, 0.29) is 11.6 Å². The van der Waals surface area contributed by atoms with Gasteiger partial charge in [-0.2, -0.15) is 0 Å². The number of benzene rings is 1. The van der Waals surface area contributed by atoms with E-state index < -0.39 is 0 Å². The van der Waals surface area contributed by atoms with Gasteiger partial charge in [-0.3, -0.25) is 0 Å². The van der Waals surface area contributed by atoms with Gasteiger partial charge in [-0.15, -0.1) is 0 Å². The highest BCUT2D eigenvalue weighted by Gasteiger charge is 2.32. The van der Waals surface area contributed by atoms with E-state index in [2.05, 4.69) is 41.1 Å². The zero-order chi connectivity index (χ0) is 11.8. The van der Waals surface area contributed by atoms with E-state index >= 15 is 0 Å². The number of hydrogen-bond donors (Lipinski definition) is 2. The molecule has 0 unspecified atom stereocenters. The van der Waals surface area contributed by atoms with Crippen LogP contribution in [0.1, 0.15) is 36.8 Å². The van der Waals surface area contributed by atoms with Gasteiger partial charge in [0.2, 0.25) is 0 Å². The zero-order valence-corrected chi connectivity index (χ0v) is 11.1. The minimum Gasteiger partial charge on any atom is -0.393 e. The minimum absolute atomic E-state index is 0.162. The monoisotopic (exact) mass is 283 g/mol. The molecule has 0 heterocycles. The normalized spacial score (nSPS) is 30.4. The van der Waals surface area contributed by atoms with Crippen LogP contribution < -0.4 is 5.73 Å². The molecule has 88 valence electrons. The average molecular weight is 284 g/mol. The molecule has 1 aromatic carbocycles. The second-order valence-corrected chi connectivity index (χ2v) is 5.82. The molecule has 0 bridgehead atoms.